The molecule has 3 heterocycles. The van der Waals surface area contributed by atoms with Gasteiger partial charge in [-0.2, -0.15) is 4.31 Å². The van der Waals surface area contributed by atoms with Crippen molar-refractivity contribution in [3.63, 3.8) is 0 Å². The van der Waals surface area contributed by atoms with Gasteiger partial charge in [-0.15, -0.1) is 24.8 Å². The molecular formula is C24H28Cl2FN5O4S. The van der Waals surface area contributed by atoms with E-state index in [0.29, 0.717) is 56.1 Å². The quantitative estimate of drug-likeness (QED) is 0.314. The first-order chi connectivity index (χ1) is 16.9. The van der Waals surface area contributed by atoms with E-state index in [1.165, 1.54) is 12.1 Å². The third kappa shape index (κ3) is 6.99. The minimum Gasteiger partial charge on any atom is -0.494 e. The zero-order chi connectivity index (χ0) is 24.4. The second-order valence-electron chi connectivity index (χ2n) is 8.64. The van der Waals surface area contributed by atoms with Gasteiger partial charge in [0.05, 0.1) is 23.4 Å². The molecule has 37 heavy (non-hydrogen) atoms. The van der Waals surface area contributed by atoms with Gasteiger partial charge in [0.2, 0.25) is 10.0 Å². The molecule has 1 aliphatic rings. The van der Waals surface area contributed by atoms with Crippen molar-refractivity contribution < 1.29 is 17.5 Å². The van der Waals surface area contributed by atoms with Gasteiger partial charge in [-0.1, -0.05) is 12.1 Å². The number of pyridine rings is 1. The lowest BCUT2D eigenvalue weighted by molar-refractivity contribution is 0.181. The van der Waals surface area contributed by atoms with Crippen LogP contribution in [0.1, 0.15) is 12.0 Å². The predicted molar refractivity (Wildman–Crippen MR) is 146 cm³/mol. The second kappa shape index (κ2) is 12.2. The van der Waals surface area contributed by atoms with Crippen molar-refractivity contribution in [1.29, 1.82) is 0 Å². The smallest absolute Gasteiger partial charge is 0.325 e. The highest BCUT2D eigenvalue weighted by atomic mass is 35.5. The number of rotatable bonds is 8. The molecule has 0 spiro atoms. The third-order valence-corrected chi connectivity index (χ3v) is 8.08. The van der Waals surface area contributed by atoms with Gasteiger partial charge in [-0.05, 0) is 48.4 Å². The fourth-order valence-corrected chi connectivity index (χ4v) is 5.73. The van der Waals surface area contributed by atoms with E-state index < -0.39 is 10.0 Å². The molecule has 200 valence electrons. The summed E-state index contributed by atoms with van der Waals surface area (Å²) >= 11 is 0. The maximum atomic E-state index is 13.1. The molecule has 0 atom stereocenters. The molecule has 2 N–H and O–H groups in total. The Labute approximate surface area is 225 Å². The lowest BCUT2D eigenvalue weighted by Gasteiger charge is -2.34. The standard InChI is InChI=1S/C24H26FN5O4S.2ClH/c25-19-4-2-17(3-5-19)16-29-8-10-30(11-9-29)35(32,33)13-1-12-34-20-6-7-21-18(14-20)15-22-23(26-21)28-24(31)27-22;;/h2-7,14-15H,1,8-13,16H2,(H2,26,27,28,31);2*1H. The Morgan fingerprint density at radius 2 is 1.70 bits per heavy atom. The van der Waals surface area contributed by atoms with Gasteiger partial charge in [0.15, 0.2) is 5.65 Å². The van der Waals surface area contributed by atoms with Crippen LogP contribution in [0.5, 0.6) is 5.75 Å². The van der Waals surface area contributed by atoms with Crippen LogP contribution in [0, 0.1) is 5.82 Å². The Morgan fingerprint density at radius 3 is 2.43 bits per heavy atom. The summed E-state index contributed by atoms with van der Waals surface area (Å²) in [6.07, 6.45) is 0.374. The van der Waals surface area contributed by atoms with Crippen LogP contribution >= 0.6 is 24.8 Å². The van der Waals surface area contributed by atoms with Gasteiger partial charge < -0.3 is 9.72 Å². The number of aromatic nitrogens is 3. The van der Waals surface area contributed by atoms with Crippen LogP contribution in [0.4, 0.5) is 4.39 Å². The molecule has 0 bridgehead atoms. The van der Waals surface area contributed by atoms with Gasteiger partial charge in [-0.25, -0.2) is 22.6 Å². The number of benzene rings is 2. The van der Waals surface area contributed by atoms with Gasteiger partial charge in [0.25, 0.3) is 0 Å². The number of hydrogen-bond donors (Lipinski definition) is 2. The Morgan fingerprint density at radius 1 is 0.973 bits per heavy atom. The highest BCUT2D eigenvalue weighted by Crippen LogP contribution is 2.22. The van der Waals surface area contributed by atoms with E-state index in [4.69, 9.17) is 4.74 Å². The van der Waals surface area contributed by atoms with Crippen molar-refractivity contribution in [3.05, 3.63) is 70.4 Å². The van der Waals surface area contributed by atoms with E-state index in [9.17, 15) is 17.6 Å². The third-order valence-electron chi connectivity index (χ3n) is 6.13. The van der Waals surface area contributed by atoms with E-state index in [0.717, 1.165) is 16.5 Å². The zero-order valence-electron chi connectivity index (χ0n) is 19.9. The number of halogens is 3. The van der Waals surface area contributed by atoms with Crippen molar-refractivity contribution in [3.8, 4) is 5.75 Å². The average molecular weight is 572 g/mol. The summed E-state index contributed by atoms with van der Waals surface area (Å²) in [5.74, 6) is 0.371. The molecular weight excluding hydrogens is 544 g/mol. The highest BCUT2D eigenvalue weighted by molar-refractivity contribution is 7.89. The topological polar surface area (TPSA) is 111 Å². The normalized spacial score (nSPS) is 14.8. The van der Waals surface area contributed by atoms with Crippen LogP contribution in [0.3, 0.4) is 0 Å². The summed E-state index contributed by atoms with van der Waals surface area (Å²) in [4.78, 5) is 23.4. The van der Waals surface area contributed by atoms with E-state index in [1.807, 2.05) is 12.1 Å². The van der Waals surface area contributed by atoms with Gasteiger partial charge >= 0.3 is 5.69 Å². The fourth-order valence-electron chi connectivity index (χ4n) is 4.27. The summed E-state index contributed by atoms with van der Waals surface area (Å²) in [5, 5.41) is 0.816. The van der Waals surface area contributed by atoms with Crippen LogP contribution in [-0.2, 0) is 16.6 Å². The number of imidazole rings is 1. The first-order valence-electron chi connectivity index (χ1n) is 11.5. The van der Waals surface area contributed by atoms with Crippen molar-refractivity contribution in [1.82, 2.24) is 24.2 Å². The largest absolute Gasteiger partial charge is 0.494 e. The number of fused-ring (bicyclic) bond motifs is 2. The Bertz CT molecular complexity index is 1500. The van der Waals surface area contributed by atoms with Crippen LogP contribution in [-0.4, -0.2) is 71.1 Å². The van der Waals surface area contributed by atoms with Gasteiger partial charge in [0.1, 0.15) is 11.6 Å². The van der Waals surface area contributed by atoms with E-state index in [1.54, 1.807) is 28.6 Å². The lowest BCUT2D eigenvalue weighted by atomic mass is 10.2. The molecule has 1 fully saturated rings. The molecule has 0 saturated carbocycles. The number of sulfonamides is 1. The molecule has 0 amide bonds. The van der Waals surface area contributed by atoms with Crippen LogP contribution in [0.15, 0.2) is 53.3 Å². The summed E-state index contributed by atoms with van der Waals surface area (Å²) < 4.78 is 45.9. The number of aromatic amines is 2. The van der Waals surface area contributed by atoms with Crippen molar-refractivity contribution >= 4 is 56.9 Å². The maximum absolute atomic E-state index is 13.1. The first-order valence-corrected chi connectivity index (χ1v) is 13.1. The Kier molecular flexibility index (Phi) is 9.54. The zero-order valence-corrected chi connectivity index (χ0v) is 22.3. The fraction of sp³-hybridized carbons (Fsp3) is 0.333. The summed E-state index contributed by atoms with van der Waals surface area (Å²) in [6, 6.07) is 13.6. The number of ether oxygens (including phenoxy) is 1. The van der Waals surface area contributed by atoms with Gasteiger partial charge in [0, 0.05) is 38.1 Å². The van der Waals surface area contributed by atoms with E-state index in [2.05, 4.69) is 19.9 Å². The molecule has 13 heteroatoms. The number of hydrogen-bond acceptors (Lipinski definition) is 6. The molecule has 0 radical (unpaired) electrons. The lowest BCUT2D eigenvalue weighted by Crippen LogP contribution is -2.48. The van der Waals surface area contributed by atoms with E-state index >= 15 is 0 Å². The minimum atomic E-state index is -3.37. The minimum absolute atomic E-state index is 0. The molecule has 0 aliphatic carbocycles. The molecule has 1 saturated heterocycles. The monoisotopic (exact) mass is 571 g/mol. The Hall–Kier alpha value is -2.70. The maximum Gasteiger partial charge on any atom is 0.325 e. The van der Waals surface area contributed by atoms with E-state index in [-0.39, 0.29) is 48.7 Å². The van der Waals surface area contributed by atoms with Crippen molar-refractivity contribution in [2.24, 2.45) is 0 Å². The summed E-state index contributed by atoms with van der Waals surface area (Å²) in [7, 11) is -3.37. The van der Waals surface area contributed by atoms with Crippen LogP contribution in [0.25, 0.3) is 22.1 Å². The number of nitrogens with one attached hydrogen (secondary N) is 2. The molecule has 2 aromatic carbocycles. The number of nitrogens with zero attached hydrogens (tertiary/aromatic N) is 3. The summed E-state index contributed by atoms with van der Waals surface area (Å²) in [6.45, 7) is 3.10. The van der Waals surface area contributed by atoms with Crippen LogP contribution < -0.4 is 10.4 Å². The molecule has 0 unspecified atom stereocenters. The molecule has 2 aromatic heterocycles. The molecule has 9 nitrogen and oxygen atoms in total. The first kappa shape index (κ1) is 28.9. The van der Waals surface area contributed by atoms with Crippen molar-refractivity contribution in [2.45, 2.75) is 13.0 Å². The molecule has 1 aliphatic heterocycles. The SMILES string of the molecule is Cl.Cl.O=c1[nH]c2cc3cc(OCCCS(=O)(=O)N4CCN(Cc5ccc(F)cc5)CC4)ccc3nc2[nH]1. The number of H-pyrrole nitrogens is 2. The molecule has 4 aromatic rings. The highest BCUT2D eigenvalue weighted by Gasteiger charge is 2.26. The van der Waals surface area contributed by atoms with Gasteiger partial charge in [-0.3, -0.25) is 9.88 Å². The second-order valence-corrected chi connectivity index (χ2v) is 10.7. The van der Waals surface area contributed by atoms with Crippen molar-refractivity contribution in [2.75, 3.05) is 38.5 Å². The number of piperazine rings is 1. The Balaban J connectivity index is 0.00000190. The molecule has 5 rings (SSSR count). The predicted octanol–water partition coefficient (Wildman–Crippen LogP) is 3.30. The summed E-state index contributed by atoms with van der Waals surface area (Å²) in [5.41, 5.74) is 2.53. The van der Waals surface area contributed by atoms with Crippen LogP contribution in [0.2, 0.25) is 0 Å². The average Bonchev–Trinajstić information content (AvgIpc) is 3.21.